The molecule has 0 unspecified atom stereocenters. The first-order chi connectivity index (χ1) is 17.3. The largest absolute Gasteiger partial charge is 0.337 e. The Kier molecular flexibility index (Phi) is 5.66. The minimum atomic E-state index is -1.17. The molecule has 0 fully saturated rings. The molecule has 5 rings (SSSR count). The van der Waals surface area contributed by atoms with E-state index in [-0.39, 0.29) is 45.2 Å². The van der Waals surface area contributed by atoms with Crippen molar-refractivity contribution in [2.24, 2.45) is 0 Å². The number of hydrogen-bond acceptors (Lipinski definition) is 6. The second kappa shape index (κ2) is 8.83. The van der Waals surface area contributed by atoms with Crippen LogP contribution in [0.2, 0.25) is 5.02 Å². The molecule has 0 saturated carbocycles. The second-order valence-corrected chi connectivity index (χ2v) is 8.22. The van der Waals surface area contributed by atoms with Crippen LogP contribution in [0.25, 0.3) is 33.7 Å². The maximum absolute atomic E-state index is 14.2. The predicted octanol–water partition coefficient (Wildman–Crippen LogP) is 3.06. The minimum Gasteiger partial charge on any atom is -0.279 e. The highest BCUT2D eigenvalue weighted by atomic mass is 35.5. The van der Waals surface area contributed by atoms with Crippen LogP contribution < -0.4 is 11.2 Å². The first-order valence-corrected chi connectivity index (χ1v) is 10.7. The molecule has 0 atom stereocenters. The Hall–Kier alpha value is -4.69. The second-order valence-electron chi connectivity index (χ2n) is 7.78. The van der Waals surface area contributed by atoms with Crippen molar-refractivity contribution in [3.8, 4) is 35.0 Å². The zero-order chi connectivity index (χ0) is 25.6. The van der Waals surface area contributed by atoms with Crippen LogP contribution in [0.1, 0.15) is 5.56 Å². The van der Waals surface area contributed by atoms with Crippen LogP contribution in [-0.4, -0.2) is 34.1 Å². The number of aromatic nitrogens is 7. The van der Waals surface area contributed by atoms with Crippen LogP contribution in [-0.2, 0) is 6.54 Å². The minimum absolute atomic E-state index is 0.0120. The van der Waals surface area contributed by atoms with Gasteiger partial charge < -0.3 is 0 Å². The standard InChI is InChI=1S/C24H14ClF2N7O2/c1-3-4-32-21(14-6-15(25)11-29-10-14)22(34-20-8-18(27)17(26)7-19(20)30-31-34)23(35)33(24(32)36)16-5-13(2)9-28-12-16/h1,5-12H,4H2,2H3. The number of fused-ring (bicyclic) bond motifs is 1. The first-order valence-electron chi connectivity index (χ1n) is 10.4. The van der Waals surface area contributed by atoms with Crippen molar-refractivity contribution in [2.45, 2.75) is 13.5 Å². The van der Waals surface area contributed by atoms with E-state index in [2.05, 4.69) is 26.2 Å². The molecule has 0 aliphatic rings. The van der Waals surface area contributed by atoms with Gasteiger partial charge in [-0.05, 0) is 24.6 Å². The van der Waals surface area contributed by atoms with Crippen molar-refractivity contribution in [1.82, 2.24) is 34.1 Å². The fraction of sp³-hybridized carbons (Fsp3) is 0.0833. The monoisotopic (exact) mass is 505 g/mol. The van der Waals surface area contributed by atoms with E-state index in [1.54, 1.807) is 19.2 Å². The average molecular weight is 506 g/mol. The Morgan fingerprint density at radius 1 is 1.03 bits per heavy atom. The van der Waals surface area contributed by atoms with E-state index in [0.29, 0.717) is 5.56 Å². The molecule has 0 N–H and O–H groups in total. The van der Waals surface area contributed by atoms with Crippen molar-refractivity contribution >= 4 is 22.6 Å². The summed E-state index contributed by atoms with van der Waals surface area (Å²) in [6.45, 7) is 1.50. The molecule has 0 amide bonds. The van der Waals surface area contributed by atoms with Crippen molar-refractivity contribution < 1.29 is 8.78 Å². The summed E-state index contributed by atoms with van der Waals surface area (Å²) in [5, 5.41) is 8.09. The summed E-state index contributed by atoms with van der Waals surface area (Å²) in [6.07, 6.45) is 11.2. The van der Waals surface area contributed by atoms with Gasteiger partial charge in [-0.15, -0.1) is 11.5 Å². The highest BCUT2D eigenvalue weighted by Gasteiger charge is 2.26. The Labute approximate surface area is 206 Å². The van der Waals surface area contributed by atoms with Crippen molar-refractivity contribution in [3.63, 3.8) is 0 Å². The lowest BCUT2D eigenvalue weighted by Gasteiger charge is -2.18. The molecule has 9 nitrogen and oxygen atoms in total. The van der Waals surface area contributed by atoms with Crippen molar-refractivity contribution in [1.29, 1.82) is 0 Å². The quantitative estimate of drug-likeness (QED) is 0.348. The zero-order valence-corrected chi connectivity index (χ0v) is 19.2. The SMILES string of the molecule is C#CCn1c(-c2cncc(Cl)c2)c(-n2nnc3cc(F)c(F)cc32)c(=O)n(-c2cncc(C)c2)c1=O. The molecule has 0 radical (unpaired) electrons. The molecule has 1 aromatic carbocycles. The summed E-state index contributed by atoms with van der Waals surface area (Å²) < 4.78 is 31.1. The van der Waals surface area contributed by atoms with E-state index in [0.717, 1.165) is 21.4 Å². The third-order valence-electron chi connectivity index (χ3n) is 5.37. The fourth-order valence-corrected chi connectivity index (χ4v) is 4.05. The lowest BCUT2D eigenvalue weighted by atomic mass is 10.1. The van der Waals surface area contributed by atoms with Gasteiger partial charge in [0.15, 0.2) is 17.3 Å². The first kappa shape index (κ1) is 23.1. The van der Waals surface area contributed by atoms with Gasteiger partial charge in [0.2, 0.25) is 0 Å². The van der Waals surface area contributed by atoms with Gasteiger partial charge in [0, 0.05) is 36.3 Å². The lowest BCUT2D eigenvalue weighted by Crippen LogP contribution is -2.42. The summed E-state index contributed by atoms with van der Waals surface area (Å²) >= 11 is 6.15. The molecule has 36 heavy (non-hydrogen) atoms. The molecule has 0 saturated heterocycles. The Morgan fingerprint density at radius 2 is 1.78 bits per heavy atom. The molecule has 0 aliphatic heterocycles. The molecular formula is C24H14ClF2N7O2. The fourth-order valence-electron chi connectivity index (χ4n) is 3.87. The van der Waals surface area contributed by atoms with E-state index >= 15 is 0 Å². The predicted molar refractivity (Wildman–Crippen MR) is 128 cm³/mol. The summed E-state index contributed by atoms with van der Waals surface area (Å²) in [6, 6.07) is 4.79. The highest BCUT2D eigenvalue weighted by Crippen LogP contribution is 2.28. The maximum Gasteiger partial charge on any atom is 0.337 e. The number of benzene rings is 1. The Bertz CT molecular complexity index is 1840. The van der Waals surface area contributed by atoms with Gasteiger partial charge >= 0.3 is 5.69 Å². The van der Waals surface area contributed by atoms with Crippen LogP contribution in [0.3, 0.4) is 0 Å². The van der Waals surface area contributed by atoms with Gasteiger partial charge in [-0.1, -0.05) is 22.7 Å². The topological polar surface area (TPSA) is 100 Å². The van der Waals surface area contributed by atoms with Gasteiger partial charge in [0.25, 0.3) is 5.56 Å². The summed E-state index contributed by atoms with van der Waals surface area (Å²) in [5.74, 6) is 0.110. The molecule has 0 aliphatic carbocycles. The van der Waals surface area contributed by atoms with E-state index in [1.165, 1.54) is 29.2 Å². The number of hydrogen-bond donors (Lipinski definition) is 0. The third-order valence-corrected chi connectivity index (χ3v) is 5.57. The van der Waals surface area contributed by atoms with E-state index < -0.39 is 22.9 Å². The Morgan fingerprint density at radius 3 is 2.50 bits per heavy atom. The number of rotatable bonds is 4. The van der Waals surface area contributed by atoms with Gasteiger partial charge in [-0.2, -0.15) is 0 Å². The number of halogens is 3. The smallest absolute Gasteiger partial charge is 0.279 e. The van der Waals surface area contributed by atoms with Crippen LogP contribution in [0, 0.1) is 30.9 Å². The highest BCUT2D eigenvalue weighted by molar-refractivity contribution is 6.30. The summed E-state index contributed by atoms with van der Waals surface area (Å²) in [4.78, 5) is 35.8. The summed E-state index contributed by atoms with van der Waals surface area (Å²) in [5.41, 5.74) is -0.662. The van der Waals surface area contributed by atoms with Crippen molar-refractivity contribution in [3.05, 3.63) is 92.1 Å². The molecule has 5 aromatic rings. The van der Waals surface area contributed by atoms with E-state index in [4.69, 9.17) is 18.0 Å². The molecule has 0 bridgehead atoms. The zero-order valence-electron chi connectivity index (χ0n) is 18.5. The van der Waals surface area contributed by atoms with Gasteiger partial charge in [-0.3, -0.25) is 19.3 Å². The lowest BCUT2D eigenvalue weighted by molar-refractivity contribution is 0.510. The van der Waals surface area contributed by atoms with Crippen molar-refractivity contribution in [2.75, 3.05) is 0 Å². The van der Waals surface area contributed by atoms with Crippen LogP contribution >= 0.6 is 11.6 Å². The molecule has 12 heteroatoms. The number of pyridine rings is 2. The Balaban J connectivity index is 2.00. The number of aryl methyl sites for hydroxylation is 1. The van der Waals surface area contributed by atoms with Gasteiger partial charge in [0.1, 0.15) is 5.52 Å². The number of nitrogens with zero attached hydrogens (tertiary/aromatic N) is 7. The van der Waals surface area contributed by atoms with Crippen LogP contribution in [0.4, 0.5) is 8.78 Å². The number of terminal acetylenes is 1. The third kappa shape index (κ3) is 3.73. The maximum atomic E-state index is 14.2. The van der Waals surface area contributed by atoms with Gasteiger partial charge in [0.05, 0.1) is 34.7 Å². The van der Waals surface area contributed by atoms with Gasteiger partial charge in [-0.25, -0.2) is 22.8 Å². The normalized spacial score (nSPS) is 11.1. The van der Waals surface area contributed by atoms with E-state index in [9.17, 15) is 18.4 Å². The van der Waals surface area contributed by atoms with Crippen LogP contribution in [0.5, 0.6) is 0 Å². The molecular weight excluding hydrogens is 492 g/mol. The summed E-state index contributed by atoms with van der Waals surface area (Å²) in [7, 11) is 0. The van der Waals surface area contributed by atoms with E-state index in [1.807, 2.05) is 0 Å². The molecule has 0 spiro atoms. The average Bonchev–Trinajstić information content (AvgIpc) is 3.23. The molecule has 4 aromatic heterocycles. The molecule has 178 valence electrons. The molecule has 4 heterocycles. The van der Waals surface area contributed by atoms with Crippen LogP contribution in [0.15, 0.2) is 58.6 Å².